The van der Waals surface area contributed by atoms with Crippen LogP contribution >= 0.6 is 15.9 Å². The molecule has 0 saturated carbocycles. The maximum absolute atomic E-state index is 5.55. The van der Waals surface area contributed by atoms with Crippen LogP contribution in [-0.2, 0) is 9.47 Å². The molecule has 1 atom stereocenters. The minimum Gasteiger partial charge on any atom is -0.382 e. The van der Waals surface area contributed by atoms with Crippen molar-refractivity contribution in [2.45, 2.75) is 32.1 Å². The predicted octanol–water partition coefficient (Wildman–Crippen LogP) is 3.98. The molecule has 21 heavy (non-hydrogen) atoms. The van der Waals surface area contributed by atoms with Crippen LogP contribution < -0.4 is 5.32 Å². The molecule has 3 nitrogen and oxygen atoms in total. The summed E-state index contributed by atoms with van der Waals surface area (Å²) in [6.07, 6.45) is 3.40. The van der Waals surface area contributed by atoms with Gasteiger partial charge in [-0.15, -0.1) is 0 Å². The van der Waals surface area contributed by atoms with Crippen LogP contribution in [0.2, 0.25) is 0 Å². The smallest absolute Gasteiger partial charge is 0.0700 e. The molecule has 0 heterocycles. The van der Waals surface area contributed by atoms with Gasteiger partial charge in [0.2, 0.25) is 0 Å². The van der Waals surface area contributed by atoms with Crippen molar-refractivity contribution in [3.8, 4) is 0 Å². The molecule has 1 unspecified atom stereocenters. The molecule has 0 fully saturated rings. The van der Waals surface area contributed by atoms with E-state index in [1.165, 1.54) is 12.0 Å². The molecule has 1 rings (SSSR count). The molecule has 0 aliphatic carbocycles. The number of halogens is 1. The average Bonchev–Trinajstić information content (AvgIpc) is 2.50. The fourth-order valence-electron chi connectivity index (χ4n) is 2.25. The third-order valence-corrected chi connectivity index (χ3v) is 3.96. The van der Waals surface area contributed by atoms with Crippen molar-refractivity contribution in [2.24, 2.45) is 0 Å². The number of hydrogen-bond donors (Lipinski definition) is 1. The van der Waals surface area contributed by atoms with Gasteiger partial charge in [0, 0.05) is 24.7 Å². The largest absolute Gasteiger partial charge is 0.382 e. The molecule has 120 valence electrons. The molecule has 0 saturated heterocycles. The zero-order valence-electron chi connectivity index (χ0n) is 13.2. The lowest BCUT2D eigenvalue weighted by atomic mass is 9.94. The minimum absolute atomic E-state index is 0.552. The Labute approximate surface area is 137 Å². The maximum Gasteiger partial charge on any atom is 0.0700 e. The average molecular weight is 358 g/mol. The van der Waals surface area contributed by atoms with Crippen LogP contribution in [0.25, 0.3) is 0 Å². The molecule has 1 N–H and O–H groups in total. The summed E-state index contributed by atoms with van der Waals surface area (Å²) in [5.74, 6) is 0.552. The van der Waals surface area contributed by atoms with Gasteiger partial charge in [0.1, 0.15) is 0 Å². The number of ether oxygens (including phenoxy) is 2. The normalized spacial score (nSPS) is 12.5. The van der Waals surface area contributed by atoms with Crippen LogP contribution in [0.1, 0.15) is 37.7 Å². The fourth-order valence-corrected chi connectivity index (χ4v) is 2.52. The van der Waals surface area contributed by atoms with Gasteiger partial charge in [0.15, 0.2) is 0 Å². The van der Waals surface area contributed by atoms with E-state index < -0.39 is 0 Å². The van der Waals surface area contributed by atoms with E-state index in [0.717, 1.165) is 37.0 Å². The van der Waals surface area contributed by atoms with Crippen LogP contribution in [0, 0.1) is 0 Å². The molecule has 1 aromatic rings. The molecular formula is C17H28BrNO2. The van der Waals surface area contributed by atoms with Gasteiger partial charge >= 0.3 is 0 Å². The molecule has 0 aromatic heterocycles. The van der Waals surface area contributed by atoms with Crippen molar-refractivity contribution in [3.05, 3.63) is 34.3 Å². The van der Waals surface area contributed by atoms with E-state index in [4.69, 9.17) is 9.47 Å². The van der Waals surface area contributed by atoms with Crippen LogP contribution in [0.15, 0.2) is 28.7 Å². The molecule has 0 amide bonds. The minimum atomic E-state index is 0.552. The second-order valence-corrected chi connectivity index (χ2v) is 6.12. The summed E-state index contributed by atoms with van der Waals surface area (Å²) in [6, 6.07) is 8.68. The fraction of sp³-hybridized carbons (Fsp3) is 0.647. The van der Waals surface area contributed by atoms with E-state index in [2.05, 4.69) is 52.4 Å². The van der Waals surface area contributed by atoms with Gasteiger partial charge in [-0.2, -0.15) is 0 Å². The van der Waals surface area contributed by atoms with Gasteiger partial charge in [-0.25, -0.2) is 0 Å². The summed E-state index contributed by atoms with van der Waals surface area (Å²) in [5.41, 5.74) is 1.40. The van der Waals surface area contributed by atoms with Crippen molar-refractivity contribution in [3.63, 3.8) is 0 Å². The maximum atomic E-state index is 5.55. The lowest BCUT2D eigenvalue weighted by molar-refractivity contribution is 0.0681. The summed E-state index contributed by atoms with van der Waals surface area (Å²) in [7, 11) is 1.70. The van der Waals surface area contributed by atoms with Gasteiger partial charge in [0.25, 0.3) is 0 Å². The van der Waals surface area contributed by atoms with Crippen molar-refractivity contribution in [1.29, 1.82) is 0 Å². The first kappa shape index (κ1) is 18.6. The van der Waals surface area contributed by atoms with E-state index >= 15 is 0 Å². The van der Waals surface area contributed by atoms with Gasteiger partial charge < -0.3 is 14.8 Å². The SMILES string of the molecule is CCCNCC(CCCOCCOC)c1ccc(Br)cc1. The van der Waals surface area contributed by atoms with Crippen LogP contribution in [0.5, 0.6) is 0 Å². The van der Waals surface area contributed by atoms with Crippen LogP contribution in [0.4, 0.5) is 0 Å². The lowest BCUT2D eigenvalue weighted by Crippen LogP contribution is -2.22. The number of nitrogens with one attached hydrogen (secondary N) is 1. The van der Waals surface area contributed by atoms with E-state index in [-0.39, 0.29) is 0 Å². The Morgan fingerprint density at radius 2 is 1.90 bits per heavy atom. The second-order valence-electron chi connectivity index (χ2n) is 5.20. The Morgan fingerprint density at radius 3 is 2.57 bits per heavy atom. The molecule has 0 spiro atoms. The van der Waals surface area contributed by atoms with E-state index in [0.29, 0.717) is 19.1 Å². The van der Waals surface area contributed by atoms with Gasteiger partial charge in [0.05, 0.1) is 13.2 Å². The Bertz CT molecular complexity index is 356. The number of rotatable bonds is 12. The lowest BCUT2D eigenvalue weighted by Gasteiger charge is -2.18. The van der Waals surface area contributed by atoms with E-state index in [1.54, 1.807) is 7.11 Å². The standard InChI is InChI=1S/C17H28BrNO2/c1-3-10-19-14-16(5-4-11-21-13-12-20-2)15-6-8-17(18)9-7-15/h6-9,16,19H,3-5,10-14H2,1-2H3. The highest BCUT2D eigenvalue weighted by Crippen LogP contribution is 2.22. The summed E-state index contributed by atoms with van der Waals surface area (Å²) < 4.78 is 11.7. The summed E-state index contributed by atoms with van der Waals surface area (Å²) in [5, 5.41) is 3.54. The van der Waals surface area contributed by atoms with Crippen molar-refractivity contribution >= 4 is 15.9 Å². The van der Waals surface area contributed by atoms with Crippen LogP contribution in [-0.4, -0.2) is 40.0 Å². The first-order chi connectivity index (χ1) is 10.3. The number of hydrogen-bond acceptors (Lipinski definition) is 3. The number of methoxy groups -OCH3 is 1. The monoisotopic (exact) mass is 357 g/mol. The molecule has 0 radical (unpaired) electrons. The Balaban J connectivity index is 2.39. The van der Waals surface area contributed by atoms with Crippen LogP contribution in [0.3, 0.4) is 0 Å². The molecular weight excluding hydrogens is 330 g/mol. The number of benzene rings is 1. The highest BCUT2D eigenvalue weighted by atomic mass is 79.9. The Hall–Kier alpha value is -0.420. The molecule has 0 aliphatic rings. The summed E-state index contributed by atoms with van der Waals surface area (Å²) in [6.45, 7) is 6.49. The van der Waals surface area contributed by atoms with Gasteiger partial charge in [-0.3, -0.25) is 0 Å². The van der Waals surface area contributed by atoms with Gasteiger partial charge in [-0.1, -0.05) is 35.0 Å². The highest BCUT2D eigenvalue weighted by Gasteiger charge is 2.11. The zero-order chi connectivity index (χ0) is 15.3. The predicted molar refractivity (Wildman–Crippen MR) is 92.0 cm³/mol. The van der Waals surface area contributed by atoms with E-state index in [9.17, 15) is 0 Å². The first-order valence-electron chi connectivity index (χ1n) is 7.80. The zero-order valence-corrected chi connectivity index (χ0v) is 14.8. The second kappa shape index (κ2) is 12.2. The quantitative estimate of drug-likeness (QED) is 0.574. The molecule has 0 aliphatic heterocycles. The topological polar surface area (TPSA) is 30.5 Å². The third kappa shape index (κ3) is 8.57. The van der Waals surface area contributed by atoms with E-state index in [1.807, 2.05) is 0 Å². The summed E-state index contributed by atoms with van der Waals surface area (Å²) in [4.78, 5) is 0. The van der Waals surface area contributed by atoms with Gasteiger partial charge in [-0.05, 0) is 49.4 Å². The molecule has 1 aromatic carbocycles. The molecule has 0 bridgehead atoms. The Morgan fingerprint density at radius 1 is 1.14 bits per heavy atom. The van der Waals surface area contributed by atoms with Crippen molar-refractivity contribution in [2.75, 3.05) is 40.0 Å². The third-order valence-electron chi connectivity index (χ3n) is 3.43. The van der Waals surface area contributed by atoms with Crippen molar-refractivity contribution in [1.82, 2.24) is 5.32 Å². The van der Waals surface area contributed by atoms with Crippen molar-refractivity contribution < 1.29 is 9.47 Å². The first-order valence-corrected chi connectivity index (χ1v) is 8.60. The Kier molecular flexibility index (Phi) is 10.8. The highest BCUT2D eigenvalue weighted by molar-refractivity contribution is 9.10. The summed E-state index contributed by atoms with van der Waals surface area (Å²) >= 11 is 3.50. The molecule has 4 heteroatoms.